The molecule has 0 aromatic rings. The highest BCUT2D eigenvalue weighted by Gasteiger charge is 2.50. The minimum absolute atomic E-state index is 0.0206. The van der Waals surface area contributed by atoms with Crippen LogP contribution in [0.1, 0.15) is 104 Å². The van der Waals surface area contributed by atoms with E-state index in [-0.39, 0.29) is 7.92 Å². The summed E-state index contributed by atoms with van der Waals surface area (Å²) in [5, 5.41) is 0.540. The molecule has 0 radical (unpaired) electrons. The standard InChI is InChI=1S/C23H41OPS/c1-17-14-15-20-21(16-17)24-22(26-23(20,2)3)25(18-10-6-4-7-11-18)19-12-8-5-9-13-19/h17-22H,4-16H2,1-3H3/t17-,20-,21-,22+/m1/s1. The zero-order valence-electron chi connectivity index (χ0n) is 17.4. The maximum absolute atomic E-state index is 7.06. The zero-order chi connectivity index (χ0) is 18.1. The topological polar surface area (TPSA) is 9.23 Å². The molecule has 0 aromatic heterocycles. The van der Waals surface area contributed by atoms with Crippen LogP contribution in [0.3, 0.4) is 0 Å². The summed E-state index contributed by atoms with van der Waals surface area (Å²) in [6, 6.07) is 0. The number of ether oxygens (including phenoxy) is 1. The second kappa shape index (κ2) is 8.62. The van der Waals surface area contributed by atoms with E-state index >= 15 is 0 Å². The van der Waals surface area contributed by atoms with Crippen LogP contribution in [0.2, 0.25) is 0 Å². The molecule has 3 heteroatoms. The average molecular weight is 397 g/mol. The minimum Gasteiger partial charge on any atom is -0.359 e. The lowest BCUT2D eigenvalue weighted by Crippen LogP contribution is -2.49. The molecular weight excluding hydrogens is 355 g/mol. The van der Waals surface area contributed by atoms with Gasteiger partial charge < -0.3 is 4.74 Å². The van der Waals surface area contributed by atoms with Crippen molar-refractivity contribution in [1.82, 2.24) is 0 Å². The van der Waals surface area contributed by atoms with Crippen molar-refractivity contribution in [3.8, 4) is 0 Å². The van der Waals surface area contributed by atoms with Gasteiger partial charge >= 0.3 is 0 Å². The third-order valence-corrected chi connectivity index (χ3v) is 13.5. The Balaban J connectivity index is 1.55. The van der Waals surface area contributed by atoms with E-state index in [4.69, 9.17) is 4.74 Å². The van der Waals surface area contributed by atoms with Crippen LogP contribution in [-0.2, 0) is 4.74 Å². The smallest absolute Gasteiger partial charge is 0.123 e. The Morgan fingerprint density at radius 2 is 1.38 bits per heavy atom. The first-order valence-electron chi connectivity index (χ1n) is 11.7. The van der Waals surface area contributed by atoms with Crippen LogP contribution in [0.5, 0.6) is 0 Å². The number of rotatable bonds is 3. The quantitative estimate of drug-likeness (QED) is 0.451. The SMILES string of the molecule is C[C@@H]1CC[C@@H]2[C@@H](C1)O[C@@H](P(C1CCCCC1)C1CCCCC1)SC2(C)C. The van der Waals surface area contributed by atoms with Crippen molar-refractivity contribution in [1.29, 1.82) is 0 Å². The summed E-state index contributed by atoms with van der Waals surface area (Å²) in [5.74, 6) is 1.65. The monoisotopic (exact) mass is 396 g/mol. The number of fused-ring (bicyclic) bond motifs is 1. The fourth-order valence-electron chi connectivity index (χ4n) is 6.33. The molecule has 3 aliphatic carbocycles. The van der Waals surface area contributed by atoms with Crippen LogP contribution in [0.25, 0.3) is 0 Å². The summed E-state index contributed by atoms with van der Waals surface area (Å²) < 4.78 is 7.47. The summed E-state index contributed by atoms with van der Waals surface area (Å²) in [5.41, 5.74) is 2.01. The molecule has 0 aromatic carbocycles. The third kappa shape index (κ3) is 4.33. The molecule has 1 heterocycles. The van der Waals surface area contributed by atoms with Crippen LogP contribution < -0.4 is 0 Å². The highest BCUT2D eigenvalue weighted by Crippen LogP contribution is 2.66. The van der Waals surface area contributed by atoms with Crippen LogP contribution in [-0.4, -0.2) is 27.3 Å². The Morgan fingerprint density at radius 1 is 0.808 bits per heavy atom. The minimum atomic E-state index is 0.0206. The fraction of sp³-hybridized carbons (Fsp3) is 1.00. The molecule has 0 N–H and O–H groups in total. The third-order valence-electron chi connectivity index (χ3n) is 7.88. The van der Waals surface area contributed by atoms with E-state index in [0.29, 0.717) is 16.0 Å². The van der Waals surface area contributed by atoms with E-state index in [0.717, 1.165) is 23.2 Å². The summed E-state index contributed by atoms with van der Waals surface area (Å²) in [7, 11) is 0.0206. The van der Waals surface area contributed by atoms with Gasteiger partial charge in [0.25, 0.3) is 0 Å². The highest BCUT2D eigenvalue weighted by atomic mass is 32.2. The molecule has 0 spiro atoms. The van der Waals surface area contributed by atoms with Crippen molar-refractivity contribution in [2.45, 2.75) is 132 Å². The van der Waals surface area contributed by atoms with Gasteiger partial charge in [0, 0.05) is 4.75 Å². The number of thioether (sulfide) groups is 1. The first kappa shape index (κ1) is 20.0. The van der Waals surface area contributed by atoms with Gasteiger partial charge in [-0.1, -0.05) is 73.6 Å². The molecule has 1 saturated heterocycles. The number of hydrogen-bond acceptors (Lipinski definition) is 2. The molecule has 0 unspecified atom stereocenters. The van der Waals surface area contributed by atoms with Crippen molar-refractivity contribution in [2.75, 3.05) is 0 Å². The van der Waals surface area contributed by atoms with Crippen molar-refractivity contribution in [3.05, 3.63) is 0 Å². The van der Waals surface area contributed by atoms with E-state index in [2.05, 4.69) is 32.5 Å². The molecule has 4 atom stereocenters. The van der Waals surface area contributed by atoms with E-state index in [1.807, 2.05) is 0 Å². The van der Waals surface area contributed by atoms with Crippen LogP contribution in [0.15, 0.2) is 0 Å². The average Bonchev–Trinajstić information content (AvgIpc) is 2.63. The van der Waals surface area contributed by atoms with Gasteiger partial charge in [-0.05, 0) is 61.7 Å². The molecule has 150 valence electrons. The van der Waals surface area contributed by atoms with Crippen LogP contribution in [0.4, 0.5) is 0 Å². The molecule has 4 rings (SSSR count). The van der Waals surface area contributed by atoms with Gasteiger partial charge in [-0.3, -0.25) is 0 Å². The van der Waals surface area contributed by atoms with Gasteiger partial charge in [0.05, 0.1) is 6.10 Å². The van der Waals surface area contributed by atoms with Gasteiger partial charge in [0.1, 0.15) is 5.18 Å². The Hall–Kier alpha value is 0.740. The Kier molecular flexibility index (Phi) is 6.64. The van der Waals surface area contributed by atoms with E-state index < -0.39 is 0 Å². The molecule has 4 aliphatic rings. The van der Waals surface area contributed by atoms with Crippen LogP contribution in [0, 0.1) is 11.8 Å². The molecule has 3 saturated carbocycles. The molecule has 1 nitrogen and oxygen atoms in total. The van der Waals surface area contributed by atoms with Crippen molar-refractivity contribution >= 4 is 19.7 Å². The lowest BCUT2D eigenvalue weighted by Gasteiger charge is -2.54. The van der Waals surface area contributed by atoms with Gasteiger partial charge in [0.2, 0.25) is 0 Å². The molecule has 4 fully saturated rings. The molecule has 0 bridgehead atoms. The zero-order valence-corrected chi connectivity index (χ0v) is 19.1. The Labute approximate surface area is 167 Å². The summed E-state index contributed by atoms with van der Waals surface area (Å²) in [6.07, 6.45) is 19.6. The molecular formula is C23H41OPS. The van der Waals surface area contributed by atoms with E-state index in [1.54, 1.807) is 0 Å². The first-order chi connectivity index (χ1) is 12.5. The molecule has 1 aliphatic heterocycles. The summed E-state index contributed by atoms with van der Waals surface area (Å²) >= 11 is 2.28. The van der Waals surface area contributed by atoms with Gasteiger partial charge in [-0.25, -0.2) is 0 Å². The normalized spacial score (nSPS) is 39.7. The summed E-state index contributed by atoms with van der Waals surface area (Å²) in [4.78, 5) is 0. The Morgan fingerprint density at radius 3 is 1.96 bits per heavy atom. The lowest BCUT2D eigenvalue weighted by atomic mass is 9.75. The van der Waals surface area contributed by atoms with Crippen LogP contribution >= 0.6 is 19.7 Å². The summed E-state index contributed by atoms with van der Waals surface area (Å²) in [6.45, 7) is 7.56. The fourth-order valence-corrected chi connectivity index (χ4v) is 13.3. The molecule has 0 amide bonds. The van der Waals surface area contributed by atoms with Crippen molar-refractivity contribution < 1.29 is 4.74 Å². The van der Waals surface area contributed by atoms with Gasteiger partial charge in [0.15, 0.2) is 0 Å². The molecule has 26 heavy (non-hydrogen) atoms. The largest absolute Gasteiger partial charge is 0.359 e. The van der Waals surface area contributed by atoms with Crippen molar-refractivity contribution in [3.63, 3.8) is 0 Å². The lowest BCUT2D eigenvalue weighted by molar-refractivity contribution is -0.0351. The Bertz CT molecular complexity index is 437. The number of hydrogen-bond donors (Lipinski definition) is 0. The van der Waals surface area contributed by atoms with Gasteiger partial charge in [-0.2, -0.15) is 0 Å². The van der Waals surface area contributed by atoms with Crippen molar-refractivity contribution in [2.24, 2.45) is 11.8 Å². The second-order valence-corrected chi connectivity index (χ2v) is 15.1. The second-order valence-electron chi connectivity index (χ2n) is 10.3. The predicted octanol–water partition coefficient (Wildman–Crippen LogP) is 7.76. The van der Waals surface area contributed by atoms with Gasteiger partial charge in [-0.15, -0.1) is 11.8 Å². The highest BCUT2D eigenvalue weighted by molar-refractivity contribution is 8.06. The predicted molar refractivity (Wildman–Crippen MR) is 118 cm³/mol. The maximum atomic E-state index is 7.06. The first-order valence-corrected chi connectivity index (χ1v) is 14.1. The maximum Gasteiger partial charge on any atom is 0.123 e. The van der Waals surface area contributed by atoms with E-state index in [1.165, 1.54) is 83.5 Å². The van der Waals surface area contributed by atoms with E-state index in [9.17, 15) is 0 Å².